The van der Waals surface area contributed by atoms with Crippen molar-refractivity contribution in [2.45, 2.75) is 116 Å². The summed E-state index contributed by atoms with van der Waals surface area (Å²) in [7, 11) is 16.0. The minimum atomic E-state index is -1.51. The summed E-state index contributed by atoms with van der Waals surface area (Å²) in [6.07, 6.45) is 4.40. The normalized spacial score (nSPS) is 10.9. The largest absolute Gasteiger partial charge is 0.494 e. The van der Waals surface area contributed by atoms with E-state index in [1.54, 1.807) is 122 Å². The highest BCUT2D eigenvalue weighted by Crippen LogP contribution is 2.45. The third kappa shape index (κ3) is 31.4. The lowest BCUT2D eigenvalue weighted by Crippen LogP contribution is -2.46. The number of likely N-dealkylation sites (N-methyl/N-ethyl adjacent to an activating group) is 3. The van der Waals surface area contributed by atoms with Crippen LogP contribution in [0.3, 0.4) is 0 Å². The molecule has 0 spiro atoms. The van der Waals surface area contributed by atoms with E-state index in [-0.39, 0.29) is 43.7 Å². The lowest BCUT2D eigenvalue weighted by atomic mass is 9.98. The number of carbonyl (C=O) groups excluding carboxylic acids is 3. The van der Waals surface area contributed by atoms with Crippen LogP contribution in [0, 0.1) is 48.7 Å². The number of amides is 3. The molecule has 0 aliphatic rings. The van der Waals surface area contributed by atoms with E-state index in [0.717, 1.165) is 54.9 Å². The third-order valence-electron chi connectivity index (χ3n) is 17.1. The zero-order valence-electron chi connectivity index (χ0n) is 70.5. The molecule has 2 aromatic heterocycles. The molecular weight excluding hydrogens is 2160 g/mol. The summed E-state index contributed by atoms with van der Waals surface area (Å²) in [5.41, 5.74) is 9.42. The van der Waals surface area contributed by atoms with Crippen molar-refractivity contribution in [3.05, 3.63) is 221 Å². The molecule has 0 aliphatic heterocycles. The van der Waals surface area contributed by atoms with Crippen LogP contribution in [0.15, 0.2) is 98.1 Å². The Morgan fingerprint density at radius 2 is 0.650 bits per heavy atom. The van der Waals surface area contributed by atoms with Crippen LogP contribution >= 0.6 is 207 Å². The van der Waals surface area contributed by atoms with Gasteiger partial charge in [0.2, 0.25) is 17.7 Å². The Kier molecular flexibility index (Phi) is 51.0. The predicted octanol–water partition coefficient (Wildman–Crippen LogP) is 26.2. The van der Waals surface area contributed by atoms with Gasteiger partial charge in [0, 0.05) is 94.6 Å². The number of aryl methyl sites for hydroxylation is 8. The summed E-state index contributed by atoms with van der Waals surface area (Å²) in [6.45, 7) is 30.6. The molecule has 0 atom stereocenters. The molecule has 9 rings (SSSR count). The molecule has 0 saturated carbocycles. The van der Waals surface area contributed by atoms with Crippen LogP contribution in [0.1, 0.15) is 80.1 Å². The summed E-state index contributed by atoms with van der Waals surface area (Å²) in [5, 5.41) is 18.5. The Hall–Kier alpha value is -4.71. The molecule has 2 heterocycles. The number of aromatic nitrogens is 2. The van der Waals surface area contributed by atoms with Crippen molar-refractivity contribution in [1.29, 1.82) is 0 Å². The average Bonchev–Trinajstić information content (AvgIpc) is 0.727. The summed E-state index contributed by atoms with van der Waals surface area (Å²) in [4.78, 5) is 57.8. The van der Waals surface area contributed by atoms with Crippen LogP contribution in [-0.2, 0) is 28.5 Å². The number of fused-ring (bicyclic) bond motifs is 2. The Morgan fingerprint density at radius 1 is 0.375 bits per heavy atom. The Morgan fingerprint density at radius 3 is 0.908 bits per heavy atom. The van der Waals surface area contributed by atoms with Gasteiger partial charge < -0.3 is 58.2 Å². The van der Waals surface area contributed by atoms with Gasteiger partial charge in [-0.2, -0.15) is 0 Å². The number of hydrogen-bond acceptors (Lipinski definition) is 12. The monoisotopic (exact) mass is 2260 g/mol. The Balaban J connectivity index is 0.00000138. The summed E-state index contributed by atoms with van der Waals surface area (Å²) in [6, 6.07) is 20.2. The highest BCUT2D eigenvalue weighted by molar-refractivity contribution is 14.1. The SMILES string of the molecule is C.C.CNC(=O)/C=C(/C)I.CNC(=O)/C=C(/C)c1cc(/C(C)=C\C(=O)NC)c(Cl)c(OC)c1Cl.COc1c(Cl)c(C)cc(C)c1Cl.COc1c(Cl)c(C)cc(C)c1Cl.COc1c(Cl)c(I)cc(I)c1Cl.COc1c(Cl)c([Si](C)(C)C)cc([Si](C)(C)C)c1Cl.COc1c(Cl)cccc1Cl.COc1c2c(cc3c(C)cc(=O)n(C)c13)c(C)cc(=O)n2C. The highest BCUT2D eigenvalue weighted by atomic mass is 127. The van der Waals surface area contributed by atoms with E-state index >= 15 is 0 Å². The van der Waals surface area contributed by atoms with Crippen molar-refractivity contribution in [1.82, 2.24) is 25.1 Å². The topological polar surface area (TPSA) is 196 Å². The molecule has 9 aromatic rings. The van der Waals surface area contributed by atoms with Crippen molar-refractivity contribution in [2.75, 3.05) is 70.9 Å². The Labute approximate surface area is 810 Å². The quantitative estimate of drug-likeness (QED) is 0.0307. The molecule has 0 radical (unpaired) electrons. The third-order valence-corrected chi connectivity index (χ3v) is 28.8. The molecule has 120 heavy (non-hydrogen) atoms. The molecule has 0 aliphatic carbocycles. The van der Waals surface area contributed by atoms with Crippen molar-refractivity contribution in [3.8, 4) is 40.2 Å². The number of allylic oxidation sites excluding steroid dienone is 3. The first-order chi connectivity index (χ1) is 54.8. The molecule has 0 unspecified atom stereocenters. The van der Waals surface area contributed by atoms with E-state index in [2.05, 4.69) is 129 Å². The zero-order chi connectivity index (χ0) is 91.0. The standard InChI is InChI=1S/C17H20Cl2N2O3.C17H18N2O3.C13H22Cl2OSi2.2C9H10Cl2O.C7H4Cl2I2O.C7H6Cl2O.C5H8INO.2CH4/c1-9(6-13(22)20-3)11-8-12(10(2)7-14(23)21-4)16(19)17(24-5)15(11)18;1-9-6-13(20)18(3)15-11(9)8-12-10(2)7-14(21)19(4)16(12)17(15)22-5;1-16-13-11(14)9(17(2,3)4)8-10(12(13)15)18(5,6)7;2*1-5-4-6(2)8(11)9(12-3)7(5)10;1-12-7-5(8)3(10)2-4(11)6(7)9;1-10-7-5(8)3-2-4-6(7)9;1-4(6)3-5(8)7-2;;/h6-8H,1-5H3,(H,20,22)(H,21,23);6-8H,1-5H3;8H,1-7H3;2*4H,1-3H3;2H,1H3;2-4H,1H3;3H,1-2H3,(H,7,8);2*1H4/b9-6-,10-7-;;;;;;;4-3-;;. The van der Waals surface area contributed by atoms with Crippen LogP contribution in [0.5, 0.6) is 40.2 Å². The number of benzene rings is 7. The molecule has 34 heteroatoms. The number of ether oxygens (including phenoxy) is 7. The van der Waals surface area contributed by atoms with Gasteiger partial charge in [0.15, 0.2) is 40.2 Å². The van der Waals surface area contributed by atoms with Crippen LogP contribution in [-0.4, -0.2) is 114 Å². The molecule has 0 fully saturated rings. The minimum Gasteiger partial charge on any atom is -0.494 e. The smallest absolute Gasteiger partial charge is 0.251 e. The van der Waals surface area contributed by atoms with Crippen molar-refractivity contribution in [3.63, 3.8) is 0 Å². The molecule has 17 nitrogen and oxygen atoms in total. The summed E-state index contributed by atoms with van der Waals surface area (Å²) in [5.74, 6) is 3.16. The number of carbonyl (C=O) groups is 3. The lowest BCUT2D eigenvalue weighted by Gasteiger charge is -2.26. The minimum absolute atomic E-state index is 0. The molecule has 660 valence electrons. The van der Waals surface area contributed by atoms with Crippen molar-refractivity contribution < 1.29 is 47.5 Å². The second-order valence-corrected chi connectivity index (χ2v) is 46.4. The van der Waals surface area contributed by atoms with E-state index in [4.69, 9.17) is 172 Å². The fourth-order valence-corrected chi connectivity index (χ4v) is 20.7. The van der Waals surface area contributed by atoms with E-state index in [1.165, 1.54) is 50.8 Å². The second-order valence-electron chi connectivity index (χ2n) is 27.7. The van der Waals surface area contributed by atoms with Crippen LogP contribution in [0.4, 0.5) is 0 Å². The van der Waals surface area contributed by atoms with E-state index in [9.17, 15) is 24.0 Å². The van der Waals surface area contributed by atoms with Gasteiger partial charge in [0.1, 0.15) is 0 Å². The molecule has 3 amide bonds. The van der Waals surface area contributed by atoms with Crippen LogP contribution in [0.25, 0.3) is 33.0 Å². The van der Waals surface area contributed by atoms with E-state index < -0.39 is 16.1 Å². The molecular formula is C86H106Cl12I3N5O12Si2. The number of halogens is 15. The van der Waals surface area contributed by atoms with Gasteiger partial charge >= 0.3 is 0 Å². The predicted molar refractivity (Wildman–Crippen MR) is 547 cm³/mol. The number of para-hydroxylation sites is 1. The maximum Gasteiger partial charge on any atom is 0.251 e. The maximum absolute atomic E-state index is 12.1. The Bertz CT molecular complexity index is 4960. The maximum atomic E-state index is 12.1. The van der Waals surface area contributed by atoms with Crippen molar-refractivity contribution in [2.24, 2.45) is 14.1 Å². The number of methoxy groups -OCH3 is 7. The van der Waals surface area contributed by atoms with Crippen LogP contribution < -0.4 is 70.6 Å². The fraction of sp³-hybridized carbons (Fsp3) is 0.337. The van der Waals surface area contributed by atoms with E-state index in [0.29, 0.717) is 134 Å². The van der Waals surface area contributed by atoms with Gasteiger partial charge in [-0.15, -0.1) is 0 Å². The number of hydrogen-bond donors (Lipinski definition) is 3. The summed E-state index contributed by atoms with van der Waals surface area (Å²) >= 11 is 79.2. The summed E-state index contributed by atoms with van der Waals surface area (Å²) < 4.78 is 42.5. The van der Waals surface area contributed by atoms with Gasteiger partial charge in [-0.1, -0.05) is 218 Å². The molecule has 0 bridgehead atoms. The molecule has 0 saturated heterocycles. The first-order valence-electron chi connectivity index (χ1n) is 35.3. The van der Waals surface area contributed by atoms with Gasteiger partial charge in [0.25, 0.3) is 11.1 Å². The zero-order valence-corrected chi connectivity index (χ0v) is 88.1. The van der Waals surface area contributed by atoms with Gasteiger partial charge in [0.05, 0.1) is 137 Å². The van der Waals surface area contributed by atoms with Crippen LogP contribution in [0.2, 0.25) is 99.6 Å². The fourth-order valence-electron chi connectivity index (χ4n) is 10.8. The van der Waals surface area contributed by atoms with E-state index in [1.807, 2.05) is 72.7 Å². The molecule has 7 aromatic carbocycles. The lowest BCUT2D eigenvalue weighted by molar-refractivity contribution is -0.116. The van der Waals surface area contributed by atoms with Gasteiger partial charge in [-0.05, 0) is 219 Å². The molecule has 3 N–H and O–H groups in total. The highest BCUT2D eigenvalue weighted by Gasteiger charge is 2.31. The van der Waals surface area contributed by atoms with Gasteiger partial charge in [-0.3, -0.25) is 24.0 Å². The average molecular weight is 2260 g/mol. The number of pyridine rings is 2. The first-order valence-corrected chi connectivity index (χ1v) is 50.0. The first kappa shape index (κ1) is 115. The second kappa shape index (κ2) is 53.0. The number of nitrogens with zero attached hydrogens (tertiary/aromatic N) is 2. The number of rotatable bonds is 14. The number of nitrogens with one attached hydrogen (secondary N) is 3. The van der Waals surface area contributed by atoms with Crippen molar-refractivity contribution >= 4 is 284 Å². The van der Waals surface area contributed by atoms with Gasteiger partial charge in [-0.25, -0.2) is 0 Å².